The van der Waals surface area contributed by atoms with Crippen LogP contribution in [-0.4, -0.2) is 76.0 Å². The number of amidine groups is 1. The number of halogens is 5. The number of aliphatic imine (C=N–C) groups is 1. The molecule has 0 radical (unpaired) electrons. The Morgan fingerprint density at radius 3 is 2.37 bits per heavy atom. The molecule has 6 rings (SSSR count). The van der Waals surface area contributed by atoms with Gasteiger partial charge in [0.1, 0.15) is 5.75 Å². The predicted molar refractivity (Wildman–Crippen MR) is 180 cm³/mol. The molecule has 2 aliphatic rings. The summed E-state index contributed by atoms with van der Waals surface area (Å²) in [6.45, 7) is 5.02. The molecule has 2 N–H and O–H groups in total. The number of aromatic nitrogens is 3. The molecule has 3 aromatic carbocycles. The maximum atomic E-state index is 13.4. The van der Waals surface area contributed by atoms with Gasteiger partial charge >= 0.3 is 18.3 Å². The van der Waals surface area contributed by atoms with E-state index in [2.05, 4.69) is 30.4 Å². The third kappa shape index (κ3) is 8.13. The van der Waals surface area contributed by atoms with Crippen LogP contribution >= 0.6 is 11.8 Å². The van der Waals surface area contributed by atoms with Crippen molar-refractivity contribution in [3.05, 3.63) is 78.4 Å². The minimum Gasteiger partial charge on any atom is -0.426 e. The molecule has 0 unspecified atom stereocenters. The van der Waals surface area contributed by atoms with Crippen molar-refractivity contribution >= 4 is 46.2 Å². The van der Waals surface area contributed by atoms with Gasteiger partial charge < -0.3 is 24.8 Å². The molecule has 0 aliphatic carbocycles. The quantitative estimate of drug-likeness (QED) is 0.165. The van der Waals surface area contributed by atoms with Gasteiger partial charge in [-0.05, 0) is 66.1 Å². The largest absolute Gasteiger partial charge is 0.499 e. The molecule has 12 nitrogen and oxygen atoms in total. The molecule has 1 aromatic heterocycles. The van der Waals surface area contributed by atoms with Crippen molar-refractivity contribution < 1.29 is 45.8 Å². The fraction of sp³-hybridized carbons (Fsp3) is 0.303. The molecule has 51 heavy (non-hydrogen) atoms. The third-order valence-electron chi connectivity index (χ3n) is 7.54. The molecule has 18 heteroatoms. The summed E-state index contributed by atoms with van der Waals surface area (Å²) in [7, 11) is 0. The van der Waals surface area contributed by atoms with E-state index in [0.717, 1.165) is 17.7 Å². The summed E-state index contributed by atoms with van der Waals surface area (Å²) in [6, 6.07) is 17.7. The topological polar surface area (TPSA) is 132 Å². The highest BCUT2D eigenvalue weighted by Gasteiger charge is 2.61. The number of benzene rings is 3. The number of ether oxygens (including phenoxy) is 3. The SMILES string of the molecule is CC(C)c1ccccc1N1C(=O)CSC1=NC(=O)Nc1ccc(-c2nc(NCC3OCCO3)n(-c3ccc(OC(F)(F)C(F)(F)F)cc3)n2)cc1. The highest BCUT2D eigenvalue weighted by molar-refractivity contribution is 8.15. The molecule has 4 aromatic rings. The maximum absolute atomic E-state index is 13.4. The van der Waals surface area contributed by atoms with Gasteiger partial charge in [-0.25, -0.2) is 4.79 Å². The molecule has 268 valence electrons. The summed E-state index contributed by atoms with van der Waals surface area (Å²) < 4.78 is 80.8. The first-order chi connectivity index (χ1) is 24.3. The number of nitrogens with zero attached hydrogens (tertiary/aromatic N) is 5. The Labute approximate surface area is 292 Å². The van der Waals surface area contributed by atoms with Crippen LogP contribution in [0.15, 0.2) is 77.8 Å². The molecule has 0 atom stereocenters. The number of anilines is 3. The van der Waals surface area contributed by atoms with Gasteiger partial charge in [-0.3, -0.25) is 9.69 Å². The maximum Gasteiger partial charge on any atom is 0.499 e. The average molecular weight is 732 g/mol. The summed E-state index contributed by atoms with van der Waals surface area (Å²) in [5.41, 5.74) is 2.81. The van der Waals surface area contributed by atoms with E-state index < -0.39 is 30.4 Å². The smallest absolute Gasteiger partial charge is 0.426 e. The van der Waals surface area contributed by atoms with E-state index in [1.165, 1.54) is 33.5 Å². The number of nitrogens with one attached hydrogen (secondary N) is 2. The van der Waals surface area contributed by atoms with Crippen molar-refractivity contribution in [3.8, 4) is 22.8 Å². The lowest BCUT2D eigenvalue weighted by Gasteiger charge is -2.21. The van der Waals surface area contributed by atoms with Gasteiger partial charge in [-0.1, -0.05) is 43.8 Å². The zero-order valence-electron chi connectivity index (χ0n) is 27.0. The normalized spacial score (nSPS) is 16.4. The second kappa shape index (κ2) is 14.7. The first kappa shape index (κ1) is 35.7. The lowest BCUT2D eigenvalue weighted by atomic mass is 10.0. The van der Waals surface area contributed by atoms with E-state index in [9.17, 15) is 31.5 Å². The van der Waals surface area contributed by atoms with E-state index in [1.807, 2.05) is 38.1 Å². The van der Waals surface area contributed by atoms with Crippen LogP contribution in [0.5, 0.6) is 5.75 Å². The Morgan fingerprint density at radius 2 is 1.71 bits per heavy atom. The van der Waals surface area contributed by atoms with E-state index in [-0.39, 0.29) is 46.8 Å². The van der Waals surface area contributed by atoms with Gasteiger partial charge in [-0.2, -0.15) is 36.6 Å². The summed E-state index contributed by atoms with van der Waals surface area (Å²) in [5.74, 6) is -0.194. The fourth-order valence-electron chi connectivity index (χ4n) is 5.09. The summed E-state index contributed by atoms with van der Waals surface area (Å²) >= 11 is 1.17. The van der Waals surface area contributed by atoms with Crippen molar-refractivity contribution in [1.29, 1.82) is 0 Å². The number of urea groups is 1. The van der Waals surface area contributed by atoms with Crippen LogP contribution in [0.3, 0.4) is 0 Å². The van der Waals surface area contributed by atoms with E-state index >= 15 is 0 Å². The lowest BCUT2D eigenvalue weighted by molar-refractivity contribution is -0.360. The van der Waals surface area contributed by atoms with Crippen LogP contribution in [0, 0.1) is 0 Å². The Bertz CT molecular complexity index is 1910. The Kier molecular flexibility index (Phi) is 10.3. The molecular formula is C33H30F5N7O5S. The van der Waals surface area contributed by atoms with Gasteiger partial charge in [0.15, 0.2) is 17.3 Å². The van der Waals surface area contributed by atoms with Crippen LogP contribution in [0.25, 0.3) is 17.1 Å². The number of para-hydroxylation sites is 1. The van der Waals surface area contributed by atoms with Crippen LogP contribution < -0.4 is 20.3 Å². The van der Waals surface area contributed by atoms with Gasteiger partial charge in [0.2, 0.25) is 11.9 Å². The molecule has 0 saturated carbocycles. The highest BCUT2D eigenvalue weighted by atomic mass is 32.2. The standard InChI is InChI=1S/C33H30F5N7O5S/c1-19(2)24-5-3-4-6-25(24)44-26(46)18-51-31(44)42-30(47)40-21-9-7-20(8-10-21)28-41-29(39-17-27-48-15-16-49-27)45(43-28)22-11-13-23(14-12-22)50-33(37,38)32(34,35)36/h3-14,19,27H,15-18H2,1-2H3,(H,40,47)(H,39,41,43). The molecule has 3 heterocycles. The Balaban J connectivity index is 1.19. The fourth-order valence-corrected chi connectivity index (χ4v) is 5.95. The molecule has 2 fully saturated rings. The van der Waals surface area contributed by atoms with Crippen molar-refractivity contribution in [2.45, 2.75) is 38.3 Å². The first-order valence-electron chi connectivity index (χ1n) is 15.5. The zero-order chi connectivity index (χ0) is 36.3. The highest BCUT2D eigenvalue weighted by Crippen LogP contribution is 2.38. The summed E-state index contributed by atoms with van der Waals surface area (Å²) in [5, 5.41) is 10.5. The van der Waals surface area contributed by atoms with Crippen molar-refractivity contribution in [3.63, 3.8) is 0 Å². The van der Waals surface area contributed by atoms with Gasteiger partial charge in [0.25, 0.3) is 0 Å². The van der Waals surface area contributed by atoms with Gasteiger partial charge in [-0.15, -0.1) is 5.10 Å². The second-order valence-electron chi connectivity index (χ2n) is 11.5. The predicted octanol–water partition coefficient (Wildman–Crippen LogP) is 7.04. The van der Waals surface area contributed by atoms with Crippen LogP contribution in [-0.2, 0) is 14.3 Å². The van der Waals surface area contributed by atoms with Crippen molar-refractivity contribution in [2.75, 3.05) is 41.0 Å². The zero-order valence-corrected chi connectivity index (χ0v) is 27.8. The van der Waals surface area contributed by atoms with Crippen LogP contribution in [0.4, 0.5) is 44.1 Å². The van der Waals surface area contributed by atoms with Gasteiger partial charge in [0, 0.05) is 11.3 Å². The number of thioether (sulfide) groups is 1. The molecule has 2 aliphatic heterocycles. The minimum atomic E-state index is -5.89. The molecule has 2 saturated heterocycles. The molecule has 0 bridgehead atoms. The molecular weight excluding hydrogens is 701 g/mol. The summed E-state index contributed by atoms with van der Waals surface area (Å²) in [4.78, 5) is 35.9. The number of carbonyl (C=O) groups is 2. The lowest BCUT2D eigenvalue weighted by Crippen LogP contribution is -2.41. The summed E-state index contributed by atoms with van der Waals surface area (Å²) in [6.07, 6.45) is -11.8. The number of rotatable bonds is 10. The van der Waals surface area contributed by atoms with Crippen molar-refractivity contribution in [1.82, 2.24) is 14.8 Å². The van der Waals surface area contributed by atoms with E-state index in [4.69, 9.17) is 9.47 Å². The number of carbonyl (C=O) groups excluding carboxylic acids is 2. The van der Waals surface area contributed by atoms with Crippen LogP contribution in [0.1, 0.15) is 25.3 Å². The van der Waals surface area contributed by atoms with Crippen LogP contribution in [0.2, 0.25) is 0 Å². The first-order valence-corrected chi connectivity index (χ1v) is 16.5. The van der Waals surface area contributed by atoms with E-state index in [1.54, 1.807) is 24.3 Å². The monoisotopic (exact) mass is 731 g/mol. The van der Waals surface area contributed by atoms with Crippen molar-refractivity contribution in [2.24, 2.45) is 4.99 Å². The van der Waals surface area contributed by atoms with Gasteiger partial charge in [0.05, 0.1) is 36.9 Å². The average Bonchev–Trinajstić information content (AvgIpc) is 3.84. The number of amides is 3. The van der Waals surface area contributed by atoms with E-state index in [0.29, 0.717) is 30.2 Å². The third-order valence-corrected chi connectivity index (χ3v) is 8.46. The molecule has 0 spiro atoms. The minimum absolute atomic E-state index is 0.138. The Morgan fingerprint density at radius 1 is 1.02 bits per heavy atom. The second-order valence-corrected chi connectivity index (χ2v) is 12.4. The Hall–Kier alpha value is -5.07. The number of alkyl halides is 5. The number of hydrogen-bond acceptors (Lipinski definition) is 9. The number of hydrogen-bond donors (Lipinski definition) is 2. The molecule has 3 amide bonds.